The standard InChI is InChI=1S/C36H67NO/c1-3-5-7-9-11-13-15-17-18-19-21-23-25-27-29-31-33-36(37-34-35-38)32-30-28-26-24-22-20-16-14-12-10-8-6-4-2/h6,8,11-14,17-18,36-38H,3-5,7,9-10,15-16,19-35H2,1-2H3/b8-6-,13-11-,14-12-,18-17-. The maximum Gasteiger partial charge on any atom is 0.0556 e. The highest BCUT2D eigenvalue weighted by atomic mass is 16.3. The van der Waals surface area contributed by atoms with Gasteiger partial charge in [0.1, 0.15) is 0 Å². The Morgan fingerprint density at radius 3 is 1.37 bits per heavy atom. The van der Waals surface area contributed by atoms with Gasteiger partial charge in [-0.1, -0.05) is 140 Å². The lowest BCUT2D eigenvalue weighted by Crippen LogP contribution is -2.31. The maximum atomic E-state index is 9.23. The van der Waals surface area contributed by atoms with Crippen LogP contribution in [-0.4, -0.2) is 24.3 Å². The van der Waals surface area contributed by atoms with E-state index in [0.717, 1.165) is 25.8 Å². The first kappa shape index (κ1) is 36.9. The third kappa shape index (κ3) is 31.1. The predicted molar refractivity (Wildman–Crippen MR) is 173 cm³/mol. The second-order valence-corrected chi connectivity index (χ2v) is 11.0. The van der Waals surface area contributed by atoms with Crippen molar-refractivity contribution < 1.29 is 5.11 Å². The summed E-state index contributed by atoms with van der Waals surface area (Å²) in [7, 11) is 0. The number of hydrogen-bond acceptors (Lipinski definition) is 2. The zero-order valence-corrected chi connectivity index (χ0v) is 25.8. The molecule has 0 saturated carbocycles. The molecule has 0 aromatic heterocycles. The summed E-state index contributed by atoms with van der Waals surface area (Å²) in [6.45, 7) is 5.45. The van der Waals surface area contributed by atoms with E-state index >= 15 is 0 Å². The molecule has 0 rings (SSSR count). The monoisotopic (exact) mass is 530 g/mol. The molecule has 0 saturated heterocycles. The molecule has 38 heavy (non-hydrogen) atoms. The Morgan fingerprint density at radius 2 is 0.921 bits per heavy atom. The van der Waals surface area contributed by atoms with Gasteiger partial charge in [-0.3, -0.25) is 0 Å². The first-order chi connectivity index (χ1) is 18.8. The summed E-state index contributed by atoms with van der Waals surface area (Å²) in [6.07, 6.45) is 48.5. The van der Waals surface area contributed by atoms with E-state index in [1.165, 1.54) is 128 Å². The molecule has 0 aromatic carbocycles. The van der Waals surface area contributed by atoms with E-state index in [9.17, 15) is 5.11 Å². The van der Waals surface area contributed by atoms with E-state index in [2.05, 4.69) is 67.8 Å². The van der Waals surface area contributed by atoms with Gasteiger partial charge < -0.3 is 10.4 Å². The lowest BCUT2D eigenvalue weighted by Gasteiger charge is -2.18. The van der Waals surface area contributed by atoms with Gasteiger partial charge in [0.05, 0.1) is 6.61 Å². The molecular weight excluding hydrogens is 462 g/mol. The smallest absolute Gasteiger partial charge is 0.0556 e. The van der Waals surface area contributed by atoms with Gasteiger partial charge >= 0.3 is 0 Å². The van der Waals surface area contributed by atoms with Gasteiger partial charge in [-0.2, -0.15) is 0 Å². The van der Waals surface area contributed by atoms with Crippen LogP contribution in [0.25, 0.3) is 0 Å². The number of allylic oxidation sites excluding steroid dienone is 8. The molecule has 0 aromatic rings. The van der Waals surface area contributed by atoms with Crippen LogP contribution in [0.3, 0.4) is 0 Å². The summed E-state index contributed by atoms with van der Waals surface area (Å²) >= 11 is 0. The van der Waals surface area contributed by atoms with Crippen LogP contribution in [0.15, 0.2) is 48.6 Å². The average Bonchev–Trinajstić information content (AvgIpc) is 2.93. The van der Waals surface area contributed by atoms with Crippen molar-refractivity contribution in [1.29, 1.82) is 0 Å². The van der Waals surface area contributed by atoms with Gasteiger partial charge in [-0.25, -0.2) is 0 Å². The first-order valence-electron chi connectivity index (χ1n) is 16.8. The van der Waals surface area contributed by atoms with Gasteiger partial charge in [-0.15, -0.1) is 0 Å². The molecule has 1 atom stereocenters. The van der Waals surface area contributed by atoms with Crippen molar-refractivity contribution in [3.8, 4) is 0 Å². The second kappa shape index (κ2) is 33.9. The summed E-state index contributed by atoms with van der Waals surface area (Å²) in [5.74, 6) is 0. The Bertz CT molecular complexity index is 548. The quantitative estimate of drug-likeness (QED) is 0.0716. The summed E-state index contributed by atoms with van der Waals surface area (Å²) in [6, 6.07) is 0.597. The number of aliphatic hydroxyl groups is 1. The van der Waals surface area contributed by atoms with Gasteiger partial charge in [-0.05, 0) is 70.6 Å². The number of hydrogen-bond donors (Lipinski definition) is 2. The third-order valence-electron chi connectivity index (χ3n) is 7.31. The van der Waals surface area contributed by atoms with Crippen LogP contribution >= 0.6 is 0 Å². The maximum absolute atomic E-state index is 9.23. The van der Waals surface area contributed by atoms with E-state index in [-0.39, 0.29) is 6.61 Å². The number of nitrogens with one attached hydrogen (secondary N) is 1. The fourth-order valence-corrected chi connectivity index (χ4v) is 4.91. The van der Waals surface area contributed by atoms with Crippen molar-refractivity contribution in [3.63, 3.8) is 0 Å². The largest absolute Gasteiger partial charge is 0.395 e. The Balaban J connectivity index is 3.60. The Labute approximate surface area is 239 Å². The molecule has 0 heterocycles. The summed E-state index contributed by atoms with van der Waals surface area (Å²) < 4.78 is 0. The van der Waals surface area contributed by atoms with E-state index in [0.29, 0.717) is 6.04 Å². The van der Waals surface area contributed by atoms with Gasteiger partial charge in [0.15, 0.2) is 0 Å². The number of unbranched alkanes of at least 4 members (excludes halogenated alkanes) is 15. The third-order valence-corrected chi connectivity index (χ3v) is 7.31. The molecule has 0 fully saturated rings. The number of rotatable bonds is 30. The van der Waals surface area contributed by atoms with Crippen LogP contribution in [0, 0.1) is 0 Å². The van der Waals surface area contributed by atoms with Crippen LogP contribution in [0.1, 0.15) is 162 Å². The van der Waals surface area contributed by atoms with Gasteiger partial charge in [0.25, 0.3) is 0 Å². The van der Waals surface area contributed by atoms with Gasteiger partial charge in [0.2, 0.25) is 0 Å². The van der Waals surface area contributed by atoms with Crippen molar-refractivity contribution >= 4 is 0 Å². The SMILES string of the molecule is CC/C=C\C/C=C\CCCCCCCCC(CCCCCCCC/C=C\C/C=C\CCCCC)NCCO. The van der Waals surface area contributed by atoms with E-state index in [1.807, 2.05) is 0 Å². The predicted octanol–water partition coefficient (Wildman–Crippen LogP) is 11.2. The van der Waals surface area contributed by atoms with Crippen molar-refractivity contribution in [1.82, 2.24) is 5.32 Å². The minimum atomic E-state index is 0.254. The Hall–Kier alpha value is -1.12. The van der Waals surface area contributed by atoms with Crippen molar-refractivity contribution in [3.05, 3.63) is 48.6 Å². The molecule has 0 amide bonds. The number of aliphatic hydroxyl groups excluding tert-OH is 1. The van der Waals surface area contributed by atoms with E-state index in [4.69, 9.17) is 0 Å². The molecule has 2 heteroatoms. The summed E-state index contributed by atoms with van der Waals surface area (Å²) in [4.78, 5) is 0. The molecule has 0 aliphatic carbocycles. The van der Waals surface area contributed by atoms with Gasteiger partial charge in [0, 0.05) is 12.6 Å². The zero-order valence-electron chi connectivity index (χ0n) is 25.8. The molecule has 0 aliphatic rings. The summed E-state index contributed by atoms with van der Waals surface area (Å²) in [5.41, 5.74) is 0. The Morgan fingerprint density at radius 1 is 0.500 bits per heavy atom. The fraction of sp³-hybridized carbons (Fsp3) is 0.778. The van der Waals surface area contributed by atoms with Crippen molar-refractivity contribution in [2.45, 2.75) is 168 Å². The van der Waals surface area contributed by atoms with Crippen molar-refractivity contribution in [2.24, 2.45) is 0 Å². The molecule has 2 N–H and O–H groups in total. The zero-order chi connectivity index (χ0) is 27.6. The highest BCUT2D eigenvalue weighted by molar-refractivity contribution is 4.93. The fourth-order valence-electron chi connectivity index (χ4n) is 4.91. The molecule has 0 radical (unpaired) electrons. The van der Waals surface area contributed by atoms with Crippen molar-refractivity contribution in [2.75, 3.05) is 13.2 Å². The lowest BCUT2D eigenvalue weighted by molar-refractivity contribution is 0.277. The highest BCUT2D eigenvalue weighted by Crippen LogP contribution is 2.15. The van der Waals surface area contributed by atoms with Crippen LogP contribution in [0.4, 0.5) is 0 Å². The van der Waals surface area contributed by atoms with Crippen LogP contribution < -0.4 is 5.32 Å². The van der Waals surface area contributed by atoms with Crippen LogP contribution in [-0.2, 0) is 0 Å². The summed E-state index contributed by atoms with van der Waals surface area (Å²) in [5, 5.41) is 12.8. The first-order valence-corrected chi connectivity index (χ1v) is 16.8. The molecule has 0 spiro atoms. The molecule has 0 bridgehead atoms. The van der Waals surface area contributed by atoms with E-state index in [1.54, 1.807) is 0 Å². The molecule has 1 unspecified atom stereocenters. The van der Waals surface area contributed by atoms with E-state index < -0.39 is 0 Å². The Kier molecular flexibility index (Phi) is 32.9. The molecule has 2 nitrogen and oxygen atoms in total. The second-order valence-electron chi connectivity index (χ2n) is 11.0. The topological polar surface area (TPSA) is 32.3 Å². The minimum absolute atomic E-state index is 0.254. The van der Waals surface area contributed by atoms with Crippen LogP contribution in [0.2, 0.25) is 0 Å². The van der Waals surface area contributed by atoms with Crippen LogP contribution in [0.5, 0.6) is 0 Å². The molecule has 0 aliphatic heterocycles. The average molecular weight is 530 g/mol. The normalized spacial score (nSPS) is 13.2. The molecule has 222 valence electrons. The lowest BCUT2D eigenvalue weighted by atomic mass is 9.99. The molecular formula is C36H67NO. The highest BCUT2D eigenvalue weighted by Gasteiger charge is 2.07. The minimum Gasteiger partial charge on any atom is -0.395 e.